The third kappa shape index (κ3) is 7.86. The number of allylic oxidation sites excluding steroid dienone is 2. The van der Waals surface area contributed by atoms with E-state index in [-0.39, 0.29) is 11.5 Å². The fourth-order valence-electron chi connectivity index (χ4n) is 3.82. The second-order valence-corrected chi connectivity index (χ2v) is 8.12. The number of ketones is 1. The molecule has 8 heteroatoms. The normalized spacial score (nSPS) is 14.8. The zero-order chi connectivity index (χ0) is 24.6. The molecule has 0 radical (unpaired) electrons. The van der Waals surface area contributed by atoms with Gasteiger partial charge < -0.3 is 20.3 Å². The first-order chi connectivity index (χ1) is 16.2. The lowest BCUT2D eigenvalue weighted by Crippen LogP contribution is -2.27. The van der Waals surface area contributed by atoms with Crippen LogP contribution in [0, 0.1) is 0 Å². The molecule has 2 N–H and O–H groups in total. The summed E-state index contributed by atoms with van der Waals surface area (Å²) in [6, 6.07) is 13.1. The molecule has 182 valence electrons. The minimum absolute atomic E-state index is 0.0116. The molecule has 34 heavy (non-hydrogen) atoms. The Morgan fingerprint density at radius 3 is 2.41 bits per heavy atom. The Kier molecular flexibility index (Phi) is 8.62. The van der Waals surface area contributed by atoms with Crippen LogP contribution in [0.3, 0.4) is 0 Å². The predicted molar refractivity (Wildman–Crippen MR) is 128 cm³/mol. The van der Waals surface area contributed by atoms with Gasteiger partial charge in [0.2, 0.25) is 0 Å². The van der Waals surface area contributed by atoms with Crippen molar-refractivity contribution in [1.82, 2.24) is 10.2 Å². The van der Waals surface area contributed by atoms with Crippen molar-refractivity contribution in [2.24, 2.45) is 0 Å². The van der Waals surface area contributed by atoms with Crippen LogP contribution in [0.1, 0.15) is 42.1 Å². The van der Waals surface area contributed by atoms with Crippen LogP contribution in [-0.4, -0.2) is 37.2 Å². The van der Waals surface area contributed by atoms with E-state index >= 15 is 0 Å². The molecule has 1 heterocycles. The van der Waals surface area contributed by atoms with Crippen molar-refractivity contribution in [2.45, 2.75) is 39.0 Å². The zero-order valence-corrected chi connectivity index (χ0v) is 19.4. The summed E-state index contributed by atoms with van der Waals surface area (Å²) < 4.78 is 41.3. The van der Waals surface area contributed by atoms with Crippen molar-refractivity contribution in [3.63, 3.8) is 0 Å². The topological polar surface area (TPSA) is 53.6 Å². The lowest BCUT2D eigenvalue weighted by molar-refractivity contribution is -0.274. The number of benzene rings is 2. The highest BCUT2D eigenvalue weighted by molar-refractivity contribution is 5.94. The number of rotatable bonds is 10. The molecule has 0 atom stereocenters. The minimum atomic E-state index is -4.72. The first-order valence-electron chi connectivity index (χ1n) is 11.3. The smallest absolute Gasteiger partial charge is 0.406 e. The Morgan fingerprint density at radius 2 is 1.79 bits per heavy atom. The van der Waals surface area contributed by atoms with Gasteiger partial charge in [0.15, 0.2) is 5.78 Å². The summed E-state index contributed by atoms with van der Waals surface area (Å²) in [5.74, 6) is 0.797. The second-order valence-electron chi connectivity index (χ2n) is 8.12. The molecular formula is C26H30F3N3O2. The van der Waals surface area contributed by atoms with E-state index in [1.807, 2.05) is 31.3 Å². The molecule has 1 saturated heterocycles. The maximum absolute atomic E-state index is 12.4. The minimum Gasteiger partial charge on any atom is -0.406 e. The number of anilines is 1. The highest BCUT2D eigenvalue weighted by Gasteiger charge is 2.30. The van der Waals surface area contributed by atoms with Crippen molar-refractivity contribution in [1.29, 1.82) is 0 Å². The van der Waals surface area contributed by atoms with E-state index in [0.29, 0.717) is 24.1 Å². The summed E-state index contributed by atoms with van der Waals surface area (Å²) in [5.41, 5.74) is 3.20. The number of nitrogens with zero attached hydrogens (tertiary/aromatic N) is 1. The van der Waals surface area contributed by atoms with E-state index in [0.717, 1.165) is 30.2 Å². The number of carbonyl (C=O) groups excluding carboxylic acids is 1. The number of ether oxygens (including phenoxy) is 1. The van der Waals surface area contributed by atoms with Gasteiger partial charge in [-0.3, -0.25) is 4.79 Å². The summed E-state index contributed by atoms with van der Waals surface area (Å²) in [6.07, 6.45) is 2.95. The van der Waals surface area contributed by atoms with Gasteiger partial charge in [0.25, 0.3) is 0 Å². The van der Waals surface area contributed by atoms with Crippen molar-refractivity contribution in [3.8, 4) is 5.75 Å². The Morgan fingerprint density at radius 1 is 1.09 bits per heavy atom. The predicted octanol–water partition coefficient (Wildman–Crippen LogP) is 5.87. The van der Waals surface area contributed by atoms with E-state index in [1.165, 1.54) is 31.9 Å². The van der Waals surface area contributed by atoms with E-state index in [1.54, 1.807) is 18.2 Å². The largest absolute Gasteiger partial charge is 0.573 e. The highest BCUT2D eigenvalue weighted by Crippen LogP contribution is 2.25. The molecule has 0 saturated carbocycles. The van der Waals surface area contributed by atoms with Crippen LogP contribution in [0.25, 0.3) is 0 Å². The second kappa shape index (κ2) is 11.6. The lowest BCUT2D eigenvalue weighted by Gasteiger charge is -2.21. The standard InChI is InChI=1S/C26H30F3N3O2/c1-19(33)21-7-5-6-20(18-21)8-9-22(12-15-25(30-2)32-16-3-4-17-32)31-23-10-13-24(14-11-23)34-26(27,28)29/h5-7,9-11,13-15,18,30-31H,3-4,8,12,16-17H2,1-2H3/b22-9+,25-15+. The molecule has 0 spiro atoms. The summed E-state index contributed by atoms with van der Waals surface area (Å²) in [7, 11) is 1.90. The van der Waals surface area contributed by atoms with Crippen LogP contribution in [-0.2, 0) is 6.42 Å². The van der Waals surface area contributed by atoms with Gasteiger partial charge in [0.1, 0.15) is 5.75 Å². The average Bonchev–Trinajstić information content (AvgIpc) is 3.33. The van der Waals surface area contributed by atoms with Gasteiger partial charge in [0, 0.05) is 43.5 Å². The summed E-state index contributed by atoms with van der Waals surface area (Å²) >= 11 is 0. The number of Topliss-reactive ketones (excluding diaryl/α,β-unsaturated/α-hetero) is 1. The Balaban J connectivity index is 1.78. The van der Waals surface area contributed by atoms with Crippen LogP contribution in [0.2, 0.25) is 0 Å². The summed E-state index contributed by atoms with van der Waals surface area (Å²) in [5, 5.41) is 6.57. The molecule has 0 aromatic heterocycles. The van der Waals surface area contributed by atoms with Crippen LogP contribution in [0.15, 0.2) is 72.2 Å². The number of hydrogen-bond donors (Lipinski definition) is 2. The van der Waals surface area contributed by atoms with Crippen molar-refractivity contribution in [3.05, 3.63) is 83.3 Å². The van der Waals surface area contributed by atoms with E-state index < -0.39 is 6.36 Å². The quantitative estimate of drug-likeness (QED) is 0.423. The summed E-state index contributed by atoms with van der Waals surface area (Å²) in [6.45, 7) is 3.56. The number of alkyl halides is 3. The first kappa shape index (κ1) is 25.2. The van der Waals surface area contributed by atoms with Crippen LogP contribution < -0.4 is 15.4 Å². The molecule has 1 fully saturated rings. The van der Waals surface area contributed by atoms with E-state index in [9.17, 15) is 18.0 Å². The zero-order valence-electron chi connectivity index (χ0n) is 19.4. The molecule has 1 aliphatic rings. The SMILES string of the molecule is CN/C(=C\C/C(=C\Cc1cccc(C(C)=O)c1)Nc1ccc(OC(F)(F)F)cc1)N1CCCC1. The monoisotopic (exact) mass is 473 g/mol. The van der Waals surface area contributed by atoms with Gasteiger partial charge in [-0.05, 0) is 68.2 Å². The molecule has 1 aliphatic heterocycles. The maximum atomic E-state index is 12.4. The van der Waals surface area contributed by atoms with Gasteiger partial charge in [-0.25, -0.2) is 0 Å². The highest BCUT2D eigenvalue weighted by atomic mass is 19.4. The molecule has 5 nitrogen and oxygen atoms in total. The Labute approximate surface area is 198 Å². The number of nitrogens with one attached hydrogen (secondary N) is 2. The molecule has 2 aromatic rings. The van der Waals surface area contributed by atoms with Crippen molar-refractivity contribution in [2.75, 3.05) is 25.5 Å². The van der Waals surface area contributed by atoms with Gasteiger partial charge in [-0.1, -0.05) is 24.3 Å². The number of halogens is 3. The summed E-state index contributed by atoms with van der Waals surface area (Å²) in [4.78, 5) is 14.0. The Hall–Kier alpha value is -3.42. The fourth-order valence-corrected chi connectivity index (χ4v) is 3.82. The van der Waals surface area contributed by atoms with Crippen LogP contribution >= 0.6 is 0 Å². The van der Waals surface area contributed by atoms with Gasteiger partial charge in [-0.15, -0.1) is 13.2 Å². The molecule has 0 bridgehead atoms. The molecular weight excluding hydrogens is 443 g/mol. The number of likely N-dealkylation sites (tertiary alicyclic amines) is 1. The van der Waals surface area contributed by atoms with Crippen LogP contribution in [0.4, 0.5) is 18.9 Å². The molecule has 0 unspecified atom stereocenters. The maximum Gasteiger partial charge on any atom is 0.573 e. The van der Waals surface area contributed by atoms with Crippen molar-refractivity contribution < 1.29 is 22.7 Å². The van der Waals surface area contributed by atoms with Gasteiger partial charge >= 0.3 is 6.36 Å². The third-order valence-corrected chi connectivity index (χ3v) is 5.53. The van der Waals surface area contributed by atoms with E-state index in [2.05, 4.69) is 26.3 Å². The number of hydrogen-bond acceptors (Lipinski definition) is 5. The lowest BCUT2D eigenvalue weighted by atomic mass is 10.0. The first-order valence-corrected chi connectivity index (χ1v) is 11.3. The average molecular weight is 474 g/mol. The van der Waals surface area contributed by atoms with Crippen LogP contribution in [0.5, 0.6) is 5.75 Å². The van der Waals surface area contributed by atoms with E-state index in [4.69, 9.17) is 0 Å². The molecule has 2 aromatic carbocycles. The van der Waals surface area contributed by atoms with Crippen molar-refractivity contribution >= 4 is 11.5 Å². The third-order valence-electron chi connectivity index (χ3n) is 5.53. The van der Waals surface area contributed by atoms with Gasteiger partial charge in [-0.2, -0.15) is 0 Å². The molecule has 0 aliphatic carbocycles. The van der Waals surface area contributed by atoms with Gasteiger partial charge in [0.05, 0.1) is 5.82 Å². The molecule has 0 amide bonds. The fraction of sp³-hybridized carbons (Fsp3) is 0.346. The molecule has 3 rings (SSSR count). The number of carbonyl (C=O) groups is 1. The Bertz CT molecular complexity index is 1020.